The number of hydrogen-bond acceptors (Lipinski definition) is 4. The Kier molecular flexibility index (Phi) is 5.20. The maximum atomic E-state index is 4.97. The zero-order chi connectivity index (χ0) is 22.7. The predicted octanol–water partition coefficient (Wildman–Crippen LogP) is 6.42. The van der Waals surface area contributed by atoms with E-state index in [2.05, 4.69) is 88.3 Å². The summed E-state index contributed by atoms with van der Waals surface area (Å²) in [6.45, 7) is 0.717. The number of aromatic nitrogens is 4. The summed E-state index contributed by atoms with van der Waals surface area (Å²) in [6, 6.07) is 35.5. The Morgan fingerprint density at radius 2 is 1.44 bits per heavy atom. The number of hydrogen-bond donors (Lipinski definition) is 2. The molecule has 0 saturated heterocycles. The van der Waals surface area contributed by atoms with Crippen molar-refractivity contribution in [1.29, 1.82) is 0 Å². The highest BCUT2D eigenvalue weighted by Crippen LogP contribution is 2.29. The highest BCUT2D eigenvalue weighted by Gasteiger charge is 2.16. The molecule has 2 aromatic heterocycles. The minimum absolute atomic E-state index is 0.196. The molecule has 5 heteroatoms. The van der Waals surface area contributed by atoms with Crippen molar-refractivity contribution in [2.45, 2.75) is 5.92 Å². The number of anilines is 1. The van der Waals surface area contributed by atoms with Crippen LogP contribution in [0.25, 0.3) is 33.2 Å². The molecule has 0 saturated carbocycles. The fourth-order valence-electron chi connectivity index (χ4n) is 4.42. The molecule has 164 valence electrons. The van der Waals surface area contributed by atoms with E-state index in [-0.39, 0.29) is 5.92 Å². The number of nitrogens with zero attached hydrogens (tertiary/aromatic N) is 3. The molecule has 0 aliphatic rings. The molecule has 0 amide bonds. The summed E-state index contributed by atoms with van der Waals surface area (Å²) < 4.78 is 0. The van der Waals surface area contributed by atoms with Gasteiger partial charge in [0.1, 0.15) is 5.82 Å². The maximum Gasteiger partial charge on any atom is 0.162 e. The topological polar surface area (TPSA) is 66.5 Å². The number of H-pyrrole nitrogens is 1. The number of nitrogens with one attached hydrogen (secondary N) is 2. The zero-order valence-electron chi connectivity index (χ0n) is 18.5. The first-order valence-electron chi connectivity index (χ1n) is 11.4. The van der Waals surface area contributed by atoms with E-state index in [9.17, 15) is 0 Å². The van der Waals surface area contributed by atoms with Gasteiger partial charge in [-0.3, -0.25) is 5.10 Å². The standard InChI is InChI=1S/C29H23N5/c1-3-9-20(10-4-1)25(21-11-5-2-6-12-21)19-30-29-24-13-7-8-14-27(24)32-28(33-29)22-15-16-26-23(17-22)18-31-34-26/h1-18,25H,19H2,(H,31,34)(H,30,32,33). The van der Waals surface area contributed by atoms with Crippen LogP contribution >= 0.6 is 0 Å². The first kappa shape index (κ1) is 20.1. The van der Waals surface area contributed by atoms with Crippen molar-refractivity contribution in [3.05, 3.63) is 120 Å². The Bertz CT molecular complexity index is 1520. The third-order valence-electron chi connectivity index (χ3n) is 6.18. The van der Waals surface area contributed by atoms with Gasteiger partial charge < -0.3 is 5.32 Å². The van der Waals surface area contributed by atoms with Gasteiger partial charge in [-0.25, -0.2) is 9.97 Å². The summed E-state index contributed by atoms with van der Waals surface area (Å²) in [5.74, 6) is 1.73. The molecule has 34 heavy (non-hydrogen) atoms. The van der Waals surface area contributed by atoms with Crippen molar-refractivity contribution >= 4 is 27.6 Å². The Morgan fingerprint density at radius 1 is 0.735 bits per heavy atom. The number of fused-ring (bicyclic) bond motifs is 2. The molecule has 0 fully saturated rings. The Morgan fingerprint density at radius 3 is 2.21 bits per heavy atom. The smallest absolute Gasteiger partial charge is 0.162 e. The summed E-state index contributed by atoms with van der Waals surface area (Å²) in [4.78, 5) is 9.83. The average Bonchev–Trinajstić information content (AvgIpc) is 3.38. The average molecular weight is 442 g/mol. The largest absolute Gasteiger partial charge is 0.368 e. The van der Waals surface area contributed by atoms with Gasteiger partial charge in [0.15, 0.2) is 5.82 Å². The SMILES string of the molecule is c1ccc(C(CNc2nc(-c3ccc4[nH]ncc4c3)nc3ccccc23)c2ccccc2)cc1. The van der Waals surface area contributed by atoms with Crippen LogP contribution in [-0.4, -0.2) is 26.7 Å². The van der Waals surface area contributed by atoms with E-state index in [0.29, 0.717) is 5.82 Å². The third kappa shape index (κ3) is 3.88. The van der Waals surface area contributed by atoms with Gasteiger partial charge in [0.2, 0.25) is 0 Å². The second-order valence-corrected chi connectivity index (χ2v) is 8.34. The molecule has 0 bridgehead atoms. The van der Waals surface area contributed by atoms with Crippen LogP contribution in [0, 0.1) is 0 Å². The summed E-state index contributed by atoms with van der Waals surface area (Å²) in [7, 11) is 0. The van der Waals surface area contributed by atoms with Gasteiger partial charge >= 0.3 is 0 Å². The fraction of sp³-hybridized carbons (Fsp3) is 0.0690. The van der Waals surface area contributed by atoms with Crippen LogP contribution < -0.4 is 5.32 Å². The second kappa shape index (κ2) is 8.79. The van der Waals surface area contributed by atoms with Crippen molar-refractivity contribution in [2.24, 2.45) is 0 Å². The van der Waals surface area contributed by atoms with Crippen molar-refractivity contribution < 1.29 is 0 Å². The van der Waals surface area contributed by atoms with E-state index >= 15 is 0 Å². The van der Waals surface area contributed by atoms with Crippen LogP contribution in [0.3, 0.4) is 0 Å². The van der Waals surface area contributed by atoms with Gasteiger partial charge in [-0.15, -0.1) is 0 Å². The highest BCUT2D eigenvalue weighted by molar-refractivity contribution is 5.91. The van der Waals surface area contributed by atoms with Gasteiger partial charge in [0, 0.05) is 28.8 Å². The second-order valence-electron chi connectivity index (χ2n) is 8.34. The van der Waals surface area contributed by atoms with Crippen molar-refractivity contribution in [3.8, 4) is 11.4 Å². The lowest BCUT2D eigenvalue weighted by Gasteiger charge is -2.20. The van der Waals surface area contributed by atoms with Crippen LogP contribution in [0.4, 0.5) is 5.82 Å². The number of rotatable bonds is 6. The van der Waals surface area contributed by atoms with Crippen LogP contribution in [0.2, 0.25) is 0 Å². The molecule has 4 aromatic carbocycles. The minimum Gasteiger partial charge on any atom is -0.368 e. The number of para-hydroxylation sites is 1. The van der Waals surface area contributed by atoms with Crippen molar-refractivity contribution in [2.75, 3.05) is 11.9 Å². The molecule has 2 heterocycles. The Balaban J connectivity index is 1.40. The predicted molar refractivity (Wildman–Crippen MR) is 138 cm³/mol. The summed E-state index contributed by atoms with van der Waals surface area (Å²) in [5.41, 5.74) is 5.41. The van der Waals surface area contributed by atoms with Crippen LogP contribution in [0.1, 0.15) is 17.0 Å². The van der Waals surface area contributed by atoms with E-state index in [1.807, 2.05) is 36.5 Å². The summed E-state index contributed by atoms with van der Waals surface area (Å²) in [6.07, 6.45) is 1.82. The first-order valence-corrected chi connectivity index (χ1v) is 11.4. The molecule has 2 N–H and O–H groups in total. The normalized spacial score (nSPS) is 11.3. The van der Waals surface area contributed by atoms with Gasteiger partial charge in [-0.2, -0.15) is 5.10 Å². The van der Waals surface area contributed by atoms with E-state index in [1.54, 1.807) is 0 Å². The summed E-state index contributed by atoms with van der Waals surface area (Å²) in [5, 5.41) is 12.8. The number of aromatic amines is 1. The molecular weight excluding hydrogens is 418 g/mol. The zero-order valence-corrected chi connectivity index (χ0v) is 18.5. The van der Waals surface area contributed by atoms with E-state index in [4.69, 9.17) is 9.97 Å². The molecule has 6 rings (SSSR count). The molecule has 0 spiro atoms. The first-order chi connectivity index (χ1) is 16.8. The lowest BCUT2D eigenvalue weighted by atomic mass is 9.91. The maximum absolute atomic E-state index is 4.97. The molecular formula is C29H23N5. The molecule has 0 aliphatic carbocycles. The highest BCUT2D eigenvalue weighted by atomic mass is 15.1. The minimum atomic E-state index is 0.196. The monoisotopic (exact) mass is 441 g/mol. The fourth-order valence-corrected chi connectivity index (χ4v) is 4.42. The Labute approximate surface area is 197 Å². The molecule has 0 aliphatic heterocycles. The molecule has 5 nitrogen and oxygen atoms in total. The van der Waals surface area contributed by atoms with E-state index in [1.165, 1.54) is 11.1 Å². The number of benzene rings is 4. The quantitative estimate of drug-likeness (QED) is 0.313. The lowest BCUT2D eigenvalue weighted by molar-refractivity contribution is 0.849. The van der Waals surface area contributed by atoms with E-state index < -0.39 is 0 Å². The van der Waals surface area contributed by atoms with Crippen LogP contribution in [0.5, 0.6) is 0 Å². The lowest BCUT2D eigenvalue weighted by Crippen LogP contribution is -2.15. The van der Waals surface area contributed by atoms with Crippen LogP contribution in [0.15, 0.2) is 109 Å². The van der Waals surface area contributed by atoms with Crippen molar-refractivity contribution in [1.82, 2.24) is 20.2 Å². The van der Waals surface area contributed by atoms with Gasteiger partial charge in [0.05, 0.1) is 17.2 Å². The Hall–Kier alpha value is -4.51. The van der Waals surface area contributed by atoms with Gasteiger partial charge in [0.25, 0.3) is 0 Å². The van der Waals surface area contributed by atoms with Crippen LogP contribution in [-0.2, 0) is 0 Å². The molecule has 0 radical (unpaired) electrons. The van der Waals surface area contributed by atoms with E-state index in [0.717, 1.165) is 39.7 Å². The van der Waals surface area contributed by atoms with Gasteiger partial charge in [-0.05, 0) is 41.5 Å². The molecule has 0 atom stereocenters. The third-order valence-corrected chi connectivity index (χ3v) is 6.18. The van der Waals surface area contributed by atoms with Gasteiger partial charge in [-0.1, -0.05) is 72.8 Å². The molecule has 6 aromatic rings. The molecule has 0 unspecified atom stereocenters. The van der Waals surface area contributed by atoms with Crippen molar-refractivity contribution in [3.63, 3.8) is 0 Å². The summed E-state index contributed by atoms with van der Waals surface area (Å²) >= 11 is 0.